The molecule has 4 aromatic carbocycles. The summed E-state index contributed by atoms with van der Waals surface area (Å²) in [7, 11) is 0. The van der Waals surface area contributed by atoms with Crippen LogP contribution in [0.2, 0.25) is 0 Å². The van der Waals surface area contributed by atoms with Crippen LogP contribution in [0, 0.1) is 0 Å². The van der Waals surface area contributed by atoms with E-state index in [1.54, 1.807) is 46.2 Å². The number of rotatable bonds is 11. The third-order valence-electron chi connectivity index (χ3n) is 8.31. The number of benzene rings is 4. The van der Waals surface area contributed by atoms with Crippen LogP contribution in [0.3, 0.4) is 0 Å². The fourth-order valence-corrected chi connectivity index (χ4v) is 5.98. The van der Waals surface area contributed by atoms with Gasteiger partial charge < -0.3 is 36.8 Å². The van der Waals surface area contributed by atoms with E-state index < -0.39 is 18.2 Å². The van der Waals surface area contributed by atoms with Gasteiger partial charge >= 0.3 is 6.03 Å². The number of carbonyl (C=O) groups excluding carboxylic acids is 1. The zero-order chi connectivity index (χ0) is 31.8. The van der Waals surface area contributed by atoms with Crippen LogP contribution in [-0.4, -0.2) is 61.2 Å². The Morgan fingerprint density at radius 1 is 0.644 bits per heavy atom. The fourth-order valence-electron chi connectivity index (χ4n) is 5.98. The molecule has 45 heavy (non-hydrogen) atoms. The zero-order valence-electron chi connectivity index (χ0n) is 24.9. The molecule has 1 aliphatic rings. The van der Waals surface area contributed by atoms with Crippen molar-refractivity contribution in [2.24, 2.45) is 21.8 Å². The highest BCUT2D eigenvalue weighted by molar-refractivity contribution is 5.97. The first kappa shape index (κ1) is 31.1. The van der Waals surface area contributed by atoms with Gasteiger partial charge in [-0.2, -0.15) is 0 Å². The number of hydrogen-bond acceptors (Lipinski definition) is 6. The third-order valence-corrected chi connectivity index (χ3v) is 8.31. The molecular weight excluding hydrogens is 568 g/mol. The number of amides is 2. The molecule has 5 rings (SSSR count). The van der Waals surface area contributed by atoms with Crippen LogP contribution < -0.4 is 11.5 Å². The predicted octanol–water partition coefficient (Wildman–Crippen LogP) is 4.29. The van der Waals surface area contributed by atoms with Crippen LogP contribution >= 0.6 is 0 Å². The van der Waals surface area contributed by atoms with Crippen molar-refractivity contribution in [3.8, 4) is 0 Å². The van der Waals surface area contributed by atoms with Crippen LogP contribution in [-0.2, 0) is 25.9 Å². The molecule has 0 aliphatic carbocycles. The average Bonchev–Trinajstić information content (AvgIpc) is 3.08. The van der Waals surface area contributed by atoms with E-state index in [9.17, 15) is 20.3 Å². The van der Waals surface area contributed by atoms with Gasteiger partial charge in [0, 0.05) is 24.2 Å². The van der Waals surface area contributed by atoms with Gasteiger partial charge in [-0.05, 0) is 53.6 Å². The topological polar surface area (TPSA) is 161 Å². The van der Waals surface area contributed by atoms with Crippen LogP contribution in [0.15, 0.2) is 120 Å². The molecule has 3 unspecified atom stereocenters. The second-order valence-corrected chi connectivity index (χ2v) is 11.2. The molecule has 0 radical (unpaired) electrons. The van der Waals surface area contributed by atoms with E-state index in [0.717, 1.165) is 22.3 Å². The first-order valence-electron chi connectivity index (χ1n) is 14.8. The average molecular weight is 607 g/mol. The number of aliphatic hydroxyl groups is 1. The Balaban J connectivity index is 1.53. The molecule has 10 nitrogen and oxygen atoms in total. The van der Waals surface area contributed by atoms with E-state index in [4.69, 9.17) is 11.5 Å². The lowest BCUT2D eigenvalue weighted by Crippen LogP contribution is -2.66. The van der Waals surface area contributed by atoms with Gasteiger partial charge in [-0.15, -0.1) is 0 Å². The van der Waals surface area contributed by atoms with Crippen LogP contribution in [0.4, 0.5) is 4.79 Å². The standard InChI is InChI=1S/C35H38N6O4/c36-33(38-44)28-15-7-13-26(19-28)22-40-30(18-17-24-9-3-1-4-10-24)32(42)31(21-25-11-5-2-6-12-25)41(35(40)43)23-27-14-8-16-29(20-27)34(37)39-45/h1-16,19-20,30-32,42,44-45H,17-18,21-23H2,(H2,36,38)(H2,37,39). The Bertz CT molecular complexity index is 1650. The van der Waals surface area contributed by atoms with Crippen LogP contribution in [0.1, 0.15) is 39.8 Å². The number of oxime groups is 2. The molecule has 2 amide bonds. The summed E-state index contributed by atoms with van der Waals surface area (Å²) in [5, 5.41) is 36.8. The van der Waals surface area contributed by atoms with Crippen LogP contribution in [0.5, 0.6) is 0 Å². The second kappa shape index (κ2) is 14.4. The number of amidine groups is 2. The SMILES string of the molecule is N/C(=N/O)c1cccc(CN2C(=O)N(Cc3cccc(/C(N)=N\O)c3)C(Cc3ccccc3)C(O)C2CCc2ccccc2)c1. The molecular formula is C35H38N6O4. The number of carbonyl (C=O) groups is 1. The first-order chi connectivity index (χ1) is 21.9. The van der Waals surface area contributed by atoms with Crippen molar-refractivity contribution in [3.05, 3.63) is 143 Å². The quantitative estimate of drug-likeness (QED) is 0.0741. The minimum absolute atomic E-state index is 0.0300. The van der Waals surface area contributed by atoms with Gasteiger partial charge in [-0.25, -0.2) is 4.79 Å². The minimum Gasteiger partial charge on any atom is -0.409 e. The lowest BCUT2D eigenvalue weighted by molar-refractivity contribution is -0.0453. The van der Waals surface area contributed by atoms with Crippen molar-refractivity contribution < 1.29 is 20.3 Å². The Labute approximate surface area is 262 Å². The normalized spacial score (nSPS) is 19.1. The van der Waals surface area contributed by atoms with Crippen molar-refractivity contribution in [2.45, 2.75) is 50.5 Å². The molecule has 0 saturated carbocycles. The van der Waals surface area contributed by atoms with Crippen molar-refractivity contribution >= 4 is 17.7 Å². The monoisotopic (exact) mass is 606 g/mol. The maximum Gasteiger partial charge on any atom is 0.321 e. The molecule has 1 aliphatic heterocycles. The van der Waals surface area contributed by atoms with E-state index in [1.807, 2.05) is 72.8 Å². The highest BCUT2D eigenvalue weighted by Gasteiger charge is 2.45. The first-order valence-corrected chi connectivity index (χ1v) is 14.8. The van der Waals surface area contributed by atoms with Crippen molar-refractivity contribution in [2.75, 3.05) is 0 Å². The van der Waals surface area contributed by atoms with Gasteiger partial charge in [0.15, 0.2) is 11.7 Å². The summed E-state index contributed by atoms with van der Waals surface area (Å²) in [6.45, 7) is 0.409. The molecule has 7 N–H and O–H groups in total. The summed E-state index contributed by atoms with van der Waals surface area (Å²) in [5.41, 5.74) is 16.5. The summed E-state index contributed by atoms with van der Waals surface area (Å²) >= 11 is 0. The van der Waals surface area contributed by atoms with Crippen LogP contribution in [0.25, 0.3) is 0 Å². The number of hydrogen-bond donors (Lipinski definition) is 5. The summed E-state index contributed by atoms with van der Waals surface area (Å²) in [4.78, 5) is 18.1. The molecule has 0 bridgehead atoms. The summed E-state index contributed by atoms with van der Waals surface area (Å²) < 4.78 is 0. The van der Waals surface area contributed by atoms with E-state index in [2.05, 4.69) is 10.3 Å². The Morgan fingerprint density at radius 3 is 1.62 bits per heavy atom. The van der Waals surface area contributed by atoms with E-state index in [0.29, 0.717) is 30.4 Å². The van der Waals surface area contributed by atoms with Gasteiger partial charge in [0.2, 0.25) is 0 Å². The number of aryl methyl sites for hydroxylation is 1. The van der Waals surface area contributed by atoms with E-state index >= 15 is 0 Å². The van der Waals surface area contributed by atoms with Gasteiger partial charge in [0.25, 0.3) is 0 Å². The Morgan fingerprint density at radius 2 is 1.11 bits per heavy atom. The molecule has 4 aromatic rings. The predicted molar refractivity (Wildman–Crippen MR) is 173 cm³/mol. The number of urea groups is 1. The molecule has 232 valence electrons. The van der Waals surface area contributed by atoms with Gasteiger partial charge in [-0.1, -0.05) is 107 Å². The Kier molecular flexibility index (Phi) is 9.96. The largest absolute Gasteiger partial charge is 0.409 e. The highest BCUT2D eigenvalue weighted by Crippen LogP contribution is 2.31. The lowest BCUT2D eigenvalue weighted by Gasteiger charge is -2.49. The van der Waals surface area contributed by atoms with E-state index in [1.165, 1.54) is 0 Å². The maximum absolute atomic E-state index is 14.6. The number of nitrogens with zero attached hydrogens (tertiary/aromatic N) is 4. The second-order valence-electron chi connectivity index (χ2n) is 11.2. The number of nitrogens with two attached hydrogens (primary N) is 2. The van der Waals surface area contributed by atoms with E-state index in [-0.39, 0.29) is 30.8 Å². The molecule has 3 atom stereocenters. The summed E-state index contributed by atoms with van der Waals surface area (Å²) in [5.74, 6) is -0.0616. The smallest absolute Gasteiger partial charge is 0.321 e. The fraction of sp³-hybridized carbons (Fsp3) is 0.229. The Hall–Kier alpha value is -5.35. The van der Waals surface area contributed by atoms with Gasteiger partial charge in [0.1, 0.15) is 0 Å². The van der Waals surface area contributed by atoms with Gasteiger partial charge in [0.05, 0.1) is 18.2 Å². The molecule has 1 saturated heterocycles. The van der Waals surface area contributed by atoms with Gasteiger partial charge in [-0.3, -0.25) is 0 Å². The molecule has 1 fully saturated rings. The maximum atomic E-state index is 14.6. The zero-order valence-corrected chi connectivity index (χ0v) is 24.9. The third kappa shape index (κ3) is 7.42. The molecule has 1 heterocycles. The highest BCUT2D eigenvalue weighted by atomic mass is 16.4. The summed E-state index contributed by atoms with van der Waals surface area (Å²) in [6, 6.07) is 33.0. The van der Waals surface area contributed by atoms with Crippen molar-refractivity contribution in [3.63, 3.8) is 0 Å². The molecule has 0 aromatic heterocycles. The summed E-state index contributed by atoms with van der Waals surface area (Å²) in [6.07, 6.45) is 0.805. The van der Waals surface area contributed by atoms with Crippen molar-refractivity contribution in [1.82, 2.24) is 9.80 Å². The number of aliphatic hydroxyl groups excluding tert-OH is 1. The molecule has 10 heteroatoms. The van der Waals surface area contributed by atoms with Crippen molar-refractivity contribution in [1.29, 1.82) is 0 Å². The molecule has 0 spiro atoms. The lowest BCUT2D eigenvalue weighted by atomic mass is 9.88. The minimum atomic E-state index is -0.883.